The summed E-state index contributed by atoms with van der Waals surface area (Å²) in [6.45, 7) is 12.2. The molecule has 1 aromatic heterocycles. The zero-order valence-corrected chi connectivity index (χ0v) is 13.2. The first-order valence-corrected chi connectivity index (χ1v) is 7.67. The van der Waals surface area contributed by atoms with Crippen molar-refractivity contribution in [2.45, 2.75) is 33.1 Å². The van der Waals surface area contributed by atoms with E-state index >= 15 is 0 Å². The molecule has 0 saturated carbocycles. The molecule has 112 valence electrons. The van der Waals surface area contributed by atoms with Gasteiger partial charge in [0.15, 0.2) is 0 Å². The number of piperazine rings is 1. The molecule has 1 fully saturated rings. The third-order valence-corrected chi connectivity index (χ3v) is 3.89. The van der Waals surface area contributed by atoms with Crippen molar-refractivity contribution >= 4 is 11.6 Å². The van der Waals surface area contributed by atoms with Gasteiger partial charge in [0, 0.05) is 38.8 Å². The Morgan fingerprint density at radius 1 is 1.20 bits per heavy atom. The quantitative estimate of drug-likeness (QED) is 0.893. The smallest absolute Gasteiger partial charge is 0.137 e. The summed E-state index contributed by atoms with van der Waals surface area (Å²) >= 11 is 0. The van der Waals surface area contributed by atoms with Crippen LogP contribution < -0.4 is 10.2 Å². The van der Waals surface area contributed by atoms with Gasteiger partial charge in [-0.15, -0.1) is 0 Å². The average molecular weight is 277 g/mol. The number of nitrogens with one attached hydrogen (secondary N) is 1. The molecule has 0 unspecified atom stereocenters. The van der Waals surface area contributed by atoms with E-state index in [4.69, 9.17) is 0 Å². The van der Waals surface area contributed by atoms with Crippen molar-refractivity contribution in [3.05, 3.63) is 11.9 Å². The Morgan fingerprint density at radius 2 is 1.90 bits per heavy atom. The van der Waals surface area contributed by atoms with Gasteiger partial charge < -0.3 is 10.2 Å². The van der Waals surface area contributed by atoms with E-state index in [1.54, 1.807) is 6.33 Å². The molecular formula is C15H27N5. The zero-order valence-electron chi connectivity index (χ0n) is 13.2. The highest BCUT2D eigenvalue weighted by Gasteiger charge is 2.22. The molecule has 0 spiro atoms. The van der Waals surface area contributed by atoms with Gasteiger partial charge >= 0.3 is 0 Å². The Labute approximate surface area is 122 Å². The minimum atomic E-state index is 0.419. The lowest BCUT2D eigenvalue weighted by atomic mass is 10.0. The molecule has 0 radical (unpaired) electrons. The van der Waals surface area contributed by atoms with Crippen molar-refractivity contribution in [3.8, 4) is 0 Å². The maximum atomic E-state index is 4.56. The molecule has 2 heterocycles. The normalized spacial score (nSPS) is 16.8. The predicted molar refractivity (Wildman–Crippen MR) is 84.6 cm³/mol. The standard InChI is InChI=1S/C15H27N5/c1-5-6-19-7-9-20(10-8-19)15-13(12(2)3)14(16-4)17-11-18-15/h11-12H,5-10H2,1-4H3,(H,16,17,18). The zero-order chi connectivity index (χ0) is 14.5. The molecule has 1 aliphatic heterocycles. The number of hydrogen-bond donors (Lipinski definition) is 1. The Morgan fingerprint density at radius 3 is 2.45 bits per heavy atom. The van der Waals surface area contributed by atoms with E-state index in [9.17, 15) is 0 Å². The van der Waals surface area contributed by atoms with Crippen molar-refractivity contribution in [2.75, 3.05) is 50.0 Å². The molecule has 2 rings (SSSR count). The summed E-state index contributed by atoms with van der Waals surface area (Å²) in [5.41, 5.74) is 1.24. The van der Waals surface area contributed by atoms with Crippen molar-refractivity contribution in [1.82, 2.24) is 14.9 Å². The highest BCUT2D eigenvalue weighted by atomic mass is 15.3. The maximum absolute atomic E-state index is 4.56. The summed E-state index contributed by atoms with van der Waals surface area (Å²) in [4.78, 5) is 13.9. The SMILES string of the molecule is CCCN1CCN(c2ncnc(NC)c2C(C)C)CC1. The van der Waals surface area contributed by atoms with Crippen molar-refractivity contribution < 1.29 is 0 Å². The van der Waals surface area contributed by atoms with Crippen molar-refractivity contribution in [1.29, 1.82) is 0 Å². The molecule has 5 heteroatoms. The van der Waals surface area contributed by atoms with Gasteiger partial charge in [0.05, 0.1) is 0 Å². The maximum Gasteiger partial charge on any atom is 0.137 e. The van der Waals surface area contributed by atoms with Crippen LogP contribution in [0.15, 0.2) is 6.33 Å². The van der Waals surface area contributed by atoms with Crippen LogP contribution in [-0.2, 0) is 0 Å². The summed E-state index contributed by atoms with van der Waals surface area (Å²) in [5, 5.41) is 3.20. The van der Waals surface area contributed by atoms with Gasteiger partial charge in [-0.05, 0) is 18.9 Å². The highest BCUT2D eigenvalue weighted by Crippen LogP contribution is 2.30. The molecule has 0 aliphatic carbocycles. The second-order valence-electron chi connectivity index (χ2n) is 5.69. The molecule has 1 N–H and O–H groups in total. The van der Waals surface area contributed by atoms with E-state index < -0.39 is 0 Å². The summed E-state index contributed by atoms with van der Waals surface area (Å²) in [5.74, 6) is 2.49. The van der Waals surface area contributed by atoms with Crippen LogP contribution in [-0.4, -0.2) is 54.6 Å². The first-order valence-electron chi connectivity index (χ1n) is 7.67. The van der Waals surface area contributed by atoms with Gasteiger partial charge in [-0.1, -0.05) is 20.8 Å². The van der Waals surface area contributed by atoms with E-state index in [0.29, 0.717) is 5.92 Å². The third kappa shape index (κ3) is 3.20. The van der Waals surface area contributed by atoms with Gasteiger partial charge in [0.2, 0.25) is 0 Å². The lowest BCUT2D eigenvalue weighted by molar-refractivity contribution is 0.257. The number of anilines is 2. The van der Waals surface area contributed by atoms with Crippen LogP contribution in [0.1, 0.15) is 38.7 Å². The van der Waals surface area contributed by atoms with E-state index in [1.165, 1.54) is 18.5 Å². The lowest BCUT2D eigenvalue weighted by Crippen LogP contribution is -2.47. The van der Waals surface area contributed by atoms with Crippen LogP contribution in [0.4, 0.5) is 11.6 Å². The molecule has 20 heavy (non-hydrogen) atoms. The van der Waals surface area contributed by atoms with Gasteiger partial charge in [-0.3, -0.25) is 4.90 Å². The average Bonchev–Trinajstić information content (AvgIpc) is 2.47. The first kappa shape index (κ1) is 15.0. The third-order valence-electron chi connectivity index (χ3n) is 3.89. The van der Waals surface area contributed by atoms with Gasteiger partial charge in [-0.2, -0.15) is 0 Å². The molecular weight excluding hydrogens is 250 g/mol. The van der Waals surface area contributed by atoms with Crippen LogP contribution in [0.5, 0.6) is 0 Å². The molecule has 0 aromatic carbocycles. The van der Waals surface area contributed by atoms with Gasteiger partial charge in [0.25, 0.3) is 0 Å². The monoisotopic (exact) mass is 277 g/mol. The summed E-state index contributed by atoms with van der Waals surface area (Å²) in [7, 11) is 1.93. The highest BCUT2D eigenvalue weighted by molar-refractivity contribution is 5.60. The molecule has 1 saturated heterocycles. The van der Waals surface area contributed by atoms with Crippen LogP contribution >= 0.6 is 0 Å². The topological polar surface area (TPSA) is 44.3 Å². The van der Waals surface area contributed by atoms with E-state index in [-0.39, 0.29) is 0 Å². The van der Waals surface area contributed by atoms with Crippen LogP contribution in [0.2, 0.25) is 0 Å². The van der Waals surface area contributed by atoms with Crippen LogP contribution in [0.25, 0.3) is 0 Å². The number of aromatic nitrogens is 2. The van der Waals surface area contributed by atoms with Gasteiger partial charge in [-0.25, -0.2) is 9.97 Å². The second-order valence-corrected chi connectivity index (χ2v) is 5.69. The largest absolute Gasteiger partial charge is 0.373 e. The lowest BCUT2D eigenvalue weighted by Gasteiger charge is -2.36. The fourth-order valence-electron chi connectivity index (χ4n) is 2.87. The number of hydrogen-bond acceptors (Lipinski definition) is 5. The molecule has 0 bridgehead atoms. The fourth-order valence-corrected chi connectivity index (χ4v) is 2.87. The minimum absolute atomic E-state index is 0.419. The molecule has 0 atom stereocenters. The van der Waals surface area contributed by atoms with Crippen LogP contribution in [0.3, 0.4) is 0 Å². The molecule has 0 amide bonds. The number of rotatable bonds is 5. The Hall–Kier alpha value is -1.36. The van der Waals surface area contributed by atoms with Crippen LogP contribution in [0, 0.1) is 0 Å². The van der Waals surface area contributed by atoms with E-state index in [2.05, 4.69) is 45.9 Å². The summed E-state index contributed by atoms with van der Waals surface area (Å²) in [6.07, 6.45) is 2.90. The predicted octanol–water partition coefficient (Wildman–Crippen LogP) is 2.17. The van der Waals surface area contributed by atoms with Crippen molar-refractivity contribution in [3.63, 3.8) is 0 Å². The van der Waals surface area contributed by atoms with Crippen molar-refractivity contribution in [2.24, 2.45) is 0 Å². The Kier molecular flexibility index (Phi) is 5.17. The Bertz CT molecular complexity index is 424. The second kappa shape index (κ2) is 6.88. The number of nitrogens with zero attached hydrogens (tertiary/aromatic N) is 4. The summed E-state index contributed by atoms with van der Waals surface area (Å²) in [6, 6.07) is 0. The van der Waals surface area contributed by atoms with E-state index in [1.807, 2.05) is 7.05 Å². The molecule has 5 nitrogen and oxygen atoms in total. The minimum Gasteiger partial charge on any atom is -0.373 e. The fraction of sp³-hybridized carbons (Fsp3) is 0.733. The van der Waals surface area contributed by atoms with E-state index in [0.717, 1.165) is 37.8 Å². The summed E-state index contributed by atoms with van der Waals surface area (Å²) < 4.78 is 0. The van der Waals surface area contributed by atoms with Gasteiger partial charge in [0.1, 0.15) is 18.0 Å². The molecule has 1 aliphatic rings. The molecule has 1 aromatic rings. The first-order chi connectivity index (χ1) is 9.67. The Balaban J connectivity index is 2.17.